The summed E-state index contributed by atoms with van der Waals surface area (Å²) in [5, 5.41) is 1.74. The van der Waals surface area contributed by atoms with Crippen LogP contribution in [0.15, 0.2) is 42.5 Å². The van der Waals surface area contributed by atoms with E-state index in [2.05, 4.69) is 4.98 Å². The number of nitrogens with zero attached hydrogens (tertiary/aromatic N) is 2. The van der Waals surface area contributed by atoms with Gasteiger partial charge in [0, 0.05) is 33.7 Å². The summed E-state index contributed by atoms with van der Waals surface area (Å²) >= 11 is 6.27. The molecule has 34 heavy (non-hydrogen) atoms. The van der Waals surface area contributed by atoms with Crippen molar-refractivity contribution in [2.75, 3.05) is 26.5 Å². The molecule has 1 fully saturated rings. The van der Waals surface area contributed by atoms with Gasteiger partial charge in [-0.05, 0) is 68.7 Å². The van der Waals surface area contributed by atoms with Gasteiger partial charge in [0.2, 0.25) is 0 Å². The second-order valence-electron chi connectivity index (χ2n) is 9.40. The molecule has 2 amide bonds. The van der Waals surface area contributed by atoms with Crippen LogP contribution in [-0.2, 0) is 15.9 Å². The molecule has 1 aromatic heterocycles. The van der Waals surface area contributed by atoms with Gasteiger partial charge in [-0.1, -0.05) is 23.7 Å². The fourth-order valence-corrected chi connectivity index (χ4v) is 5.12. The smallest absolute Gasteiger partial charge is 0.410 e. The monoisotopic (exact) mass is 481 g/mol. The van der Waals surface area contributed by atoms with Gasteiger partial charge in [-0.15, -0.1) is 0 Å². The standard InChI is InChI=1S/C26H28ClN3O4/c1-4-34-25(32)29-12-11-19-20-13-18(27)9-10-21(20)28-22(19)23(29)16-5-7-17(8-6-16)24(31)30-15-33-14-26(30,2)3/h5-10,13,23,28H,4,11-12,14-15H2,1-3H3. The lowest BCUT2D eigenvalue weighted by Gasteiger charge is -2.35. The molecular weight excluding hydrogens is 454 g/mol. The van der Waals surface area contributed by atoms with E-state index >= 15 is 0 Å². The lowest BCUT2D eigenvalue weighted by molar-refractivity contribution is 0.0605. The molecule has 2 aliphatic rings. The zero-order chi connectivity index (χ0) is 24.0. The van der Waals surface area contributed by atoms with Crippen LogP contribution >= 0.6 is 11.6 Å². The summed E-state index contributed by atoms with van der Waals surface area (Å²) in [5.74, 6) is -0.0686. The van der Waals surface area contributed by atoms with Crippen LogP contribution in [0.3, 0.4) is 0 Å². The van der Waals surface area contributed by atoms with E-state index in [1.165, 1.54) is 0 Å². The number of nitrogens with one attached hydrogen (secondary N) is 1. The minimum atomic E-state index is -0.357. The average molecular weight is 482 g/mol. The van der Waals surface area contributed by atoms with Crippen molar-refractivity contribution in [3.63, 3.8) is 0 Å². The fraction of sp³-hybridized carbons (Fsp3) is 0.385. The summed E-state index contributed by atoms with van der Waals surface area (Å²) < 4.78 is 10.9. The summed E-state index contributed by atoms with van der Waals surface area (Å²) in [6.45, 7) is 7.42. The minimum Gasteiger partial charge on any atom is -0.450 e. The Kier molecular flexibility index (Phi) is 5.78. The maximum absolute atomic E-state index is 13.1. The summed E-state index contributed by atoms with van der Waals surface area (Å²) in [6, 6.07) is 12.9. The summed E-state index contributed by atoms with van der Waals surface area (Å²) in [7, 11) is 0. The number of fused-ring (bicyclic) bond motifs is 3. The number of carbonyl (C=O) groups excluding carboxylic acids is 2. The van der Waals surface area contributed by atoms with E-state index < -0.39 is 0 Å². The number of halogens is 1. The SMILES string of the molecule is CCOC(=O)N1CCc2c([nH]c3ccc(Cl)cc23)C1c1ccc(C(=O)N2COCC2(C)C)cc1. The van der Waals surface area contributed by atoms with Gasteiger partial charge in [0.15, 0.2) is 0 Å². The highest BCUT2D eigenvalue weighted by atomic mass is 35.5. The highest BCUT2D eigenvalue weighted by molar-refractivity contribution is 6.31. The van der Waals surface area contributed by atoms with Gasteiger partial charge in [0.05, 0.1) is 18.8 Å². The number of benzene rings is 2. The Bertz CT molecular complexity index is 1250. The largest absolute Gasteiger partial charge is 0.450 e. The maximum Gasteiger partial charge on any atom is 0.410 e. The third-order valence-electron chi connectivity index (χ3n) is 6.72. The zero-order valence-corrected chi connectivity index (χ0v) is 20.3. The van der Waals surface area contributed by atoms with Crippen LogP contribution in [-0.4, -0.2) is 58.8 Å². The lowest BCUT2D eigenvalue weighted by atomic mass is 9.92. The topological polar surface area (TPSA) is 74.9 Å². The number of carbonyl (C=O) groups is 2. The molecule has 178 valence electrons. The second-order valence-corrected chi connectivity index (χ2v) is 9.83. The maximum atomic E-state index is 13.1. The van der Waals surface area contributed by atoms with Gasteiger partial charge in [0.1, 0.15) is 12.8 Å². The van der Waals surface area contributed by atoms with Crippen molar-refractivity contribution in [2.45, 2.75) is 38.8 Å². The molecule has 0 bridgehead atoms. The molecule has 5 rings (SSSR count). The minimum absolute atomic E-state index is 0.0686. The van der Waals surface area contributed by atoms with Gasteiger partial charge in [-0.2, -0.15) is 0 Å². The molecule has 0 spiro atoms. The number of aromatic nitrogens is 1. The molecule has 0 saturated carbocycles. The Morgan fingerprint density at radius 3 is 2.65 bits per heavy atom. The number of hydrogen-bond acceptors (Lipinski definition) is 4. The van der Waals surface area contributed by atoms with E-state index in [4.69, 9.17) is 21.1 Å². The molecule has 1 saturated heterocycles. The first-order chi connectivity index (χ1) is 16.3. The van der Waals surface area contributed by atoms with Crippen LogP contribution in [0, 0.1) is 0 Å². The third kappa shape index (κ3) is 3.83. The number of amides is 2. The number of aromatic amines is 1. The van der Waals surface area contributed by atoms with Crippen LogP contribution in [0.25, 0.3) is 10.9 Å². The number of ether oxygens (including phenoxy) is 2. The molecule has 0 aliphatic carbocycles. The molecule has 3 heterocycles. The Morgan fingerprint density at radius 2 is 1.97 bits per heavy atom. The molecule has 1 unspecified atom stereocenters. The molecule has 0 radical (unpaired) electrons. The lowest BCUT2D eigenvalue weighted by Crippen LogP contribution is -2.44. The van der Waals surface area contributed by atoms with Crippen molar-refractivity contribution in [1.82, 2.24) is 14.8 Å². The highest BCUT2D eigenvalue weighted by Crippen LogP contribution is 2.39. The van der Waals surface area contributed by atoms with Crippen molar-refractivity contribution < 1.29 is 19.1 Å². The Morgan fingerprint density at radius 1 is 1.21 bits per heavy atom. The van der Waals surface area contributed by atoms with Crippen molar-refractivity contribution in [3.05, 3.63) is 69.9 Å². The average Bonchev–Trinajstić information content (AvgIpc) is 3.37. The highest BCUT2D eigenvalue weighted by Gasteiger charge is 2.38. The molecule has 3 aromatic rings. The predicted octanol–water partition coefficient (Wildman–Crippen LogP) is 5.13. The van der Waals surface area contributed by atoms with Crippen LogP contribution in [0.1, 0.15) is 54.0 Å². The molecule has 2 aliphatic heterocycles. The molecule has 2 aromatic carbocycles. The van der Waals surface area contributed by atoms with Crippen LogP contribution in [0.4, 0.5) is 4.79 Å². The second kappa shape index (κ2) is 8.64. The van der Waals surface area contributed by atoms with Crippen molar-refractivity contribution >= 4 is 34.5 Å². The third-order valence-corrected chi connectivity index (χ3v) is 6.95. The van der Waals surface area contributed by atoms with Crippen LogP contribution in [0.2, 0.25) is 5.02 Å². The fourth-order valence-electron chi connectivity index (χ4n) is 4.95. The number of H-pyrrole nitrogens is 1. The van der Waals surface area contributed by atoms with Crippen molar-refractivity contribution in [2.24, 2.45) is 0 Å². The van der Waals surface area contributed by atoms with E-state index in [0.29, 0.717) is 36.8 Å². The first-order valence-electron chi connectivity index (χ1n) is 11.5. The Labute approximate surface area is 203 Å². The quantitative estimate of drug-likeness (QED) is 0.562. The predicted molar refractivity (Wildman–Crippen MR) is 130 cm³/mol. The molecule has 1 atom stereocenters. The summed E-state index contributed by atoms with van der Waals surface area (Å²) in [5.41, 5.74) is 4.22. The summed E-state index contributed by atoms with van der Waals surface area (Å²) in [6.07, 6.45) is 0.344. The van der Waals surface area contributed by atoms with Crippen molar-refractivity contribution in [3.8, 4) is 0 Å². The summed E-state index contributed by atoms with van der Waals surface area (Å²) in [4.78, 5) is 33.0. The van der Waals surface area contributed by atoms with Crippen molar-refractivity contribution in [1.29, 1.82) is 0 Å². The molecule has 1 N–H and O–H groups in total. The molecular formula is C26H28ClN3O4. The first kappa shape index (κ1) is 22.7. The van der Waals surface area contributed by atoms with Gasteiger partial charge >= 0.3 is 6.09 Å². The van der Waals surface area contributed by atoms with Gasteiger partial charge in [0.25, 0.3) is 5.91 Å². The Hall–Kier alpha value is -3.03. The van der Waals surface area contributed by atoms with E-state index in [1.807, 2.05) is 56.3 Å². The Balaban J connectivity index is 1.54. The van der Waals surface area contributed by atoms with E-state index in [-0.39, 0.29) is 30.3 Å². The number of rotatable bonds is 3. The van der Waals surface area contributed by atoms with Gasteiger partial charge in [-0.25, -0.2) is 4.79 Å². The van der Waals surface area contributed by atoms with E-state index in [9.17, 15) is 9.59 Å². The molecule has 8 heteroatoms. The molecule has 7 nitrogen and oxygen atoms in total. The van der Waals surface area contributed by atoms with Gasteiger partial charge < -0.3 is 19.4 Å². The number of hydrogen-bond donors (Lipinski definition) is 1. The van der Waals surface area contributed by atoms with E-state index in [1.54, 1.807) is 16.7 Å². The normalized spacial score (nSPS) is 19.4. The van der Waals surface area contributed by atoms with E-state index in [0.717, 1.165) is 27.7 Å². The first-order valence-corrected chi connectivity index (χ1v) is 11.9. The zero-order valence-electron chi connectivity index (χ0n) is 19.6. The van der Waals surface area contributed by atoms with Crippen LogP contribution < -0.4 is 0 Å². The van der Waals surface area contributed by atoms with Crippen LogP contribution in [0.5, 0.6) is 0 Å². The van der Waals surface area contributed by atoms with Gasteiger partial charge in [-0.3, -0.25) is 9.69 Å².